The summed E-state index contributed by atoms with van der Waals surface area (Å²) in [6.07, 6.45) is 1.93. The Hall–Kier alpha value is -1.55. The third-order valence-corrected chi connectivity index (χ3v) is 2.40. The maximum absolute atomic E-state index is 11.7. The molecule has 0 aliphatic rings. The van der Waals surface area contributed by atoms with Gasteiger partial charge in [-0.05, 0) is 51.4 Å². The normalized spacial score (nSPS) is 10.4. The van der Waals surface area contributed by atoms with Crippen LogP contribution in [0.3, 0.4) is 0 Å². The molecule has 3 N–H and O–H groups in total. The second-order valence-electron chi connectivity index (χ2n) is 4.46. The highest BCUT2D eigenvalue weighted by atomic mass is 16.5. The van der Waals surface area contributed by atoms with E-state index in [1.165, 1.54) is 0 Å². The minimum absolute atomic E-state index is 0.0985. The molecule has 0 aromatic heterocycles. The number of esters is 1. The molecule has 0 atom stereocenters. The summed E-state index contributed by atoms with van der Waals surface area (Å²) in [4.78, 5) is 11.7. The van der Waals surface area contributed by atoms with Crippen molar-refractivity contribution in [2.45, 2.75) is 32.8 Å². The van der Waals surface area contributed by atoms with Crippen LogP contribution in [0.1, 0.15) is 37.0 Å². The van der Waals surface area contributed by atoms with Crippen LogP contribution in [0.4, 0.5) is 5.69 Å². The predicted molar refractivity (Wildman–Crippen MR) is 73.8 cm³/mol. The Kier molecular flexibility index (Phi) is 6.22. The highest BCUT2D eigenvalue weighted by Crippen LogP contribution is 2.12. The molecule has 0 bridgehead atoms. The Bertz CT molecular complexity index is 378. The molecule has 0 saturated carbocycles. The molecular weight excluding hydrogens is 228 g/mol. The summed E-state index contributed by atoms with van der Waals surface area (Å²) >= 11 is 0. The zero-order valence-electron chi connectivity index (χ0n) is 11.1. The topological polar surface area (TPSA) is 64.3 Å². The van der Waals surface area contributed by atoms with Crippen molar-refractivity contribution in [3.05, 3.63) is 29.8 Å². The zero-order chi connectivity index (χ0) is 13.4. The number of rotatable bonds is 7. The predicted octanol–water partition coefficient (Wildman–Crippen LogP) is 2.40. The second-order valence-corrected chi connectivity index (χ2v) is 4.46. The quantitative estimate of drug-likeness (QED) is 0.576. The van der Waals surface area contributed by atoms with E-state index in [-0.39, 0.29) is 12.1 Å². The second kappa shape index (κ2) is 7.71. The van der Waals surface area contributed by atoms with Gasteiger partial charge in [0.2, 0.25) is 0 Å². The fraction of sp³-hybridized carbons (Fsp3) is 0.500. The lowest BCUT2D eigenvalue weighted by Gasteiger charge is -2.10. The number of nitrogens with one attached hydrogen (secondary N) is 1. The van der Waals surface area contributed by atoms with E-state index in [1.54, 1.807) is 6.07 Å². The van der Waals surface area contributed by atoms with Crippen LogP contribution in [0.15, 0.2) is 24.3 Å². The van der Waals surface area contributed by atoms with Gasteiger partial charge in [-0.15, -0.1) is 0 Å². The molecule has 0 aliphatic carbocycles. The van der Waals surface area contributed by atoms with Gasteiger partial charge in [0.1, 0.15) is 0 Å². The van der Waals surface area contributed by atoms with Crippen LogP contribution in [0.5, 0.6) is 0 Å². The molecule has 0 spiro atoms. The van der Waals surface area contributed by atoms with E-state index >= 15 is 0 Å². The van der Waals surface area contributed by atoms with Gasteiger partial charge < -0.3 is 15.8 Å². The van der Waals surface area contributed by atoms with E-state index in [1.807, 2.05) is 32.0 Å². The van der Waals surface area contributed by atoms with Crippen molar-refractivity contribution < 1.29 is 9.53 Å². The van der Waals surface area contributed by atoms with Gasteiger partial charge in [-0.2, -0.15) is 0 Å². The monoisotopic (exact) mass is 250 g/mol. The standard InChI is InChI=1S/C14H22N2O2/c1-11(2)18-14(17)12-6-5-7-13(10-12)16-9-4-3-8-15/h5-7,10-11,16H,3-4,8-9,15H2,1-2H3. The van der Waals surface area contributed by atoms with Gasteiger partial charge in [-0.1, -0.05) is 6.07 Å². The van der Waals surface area contributed by atoms with Gasteiger partial charge in [-0.25, -0.2) is 4.79 Å². The number of hydrogen-bond donors (Lipinski definition) is 2. The van der Waals surface area contributed by atoms with Crippen molar-refractivity contribution in [1.29, 1.82) is 0 Å². The summed E-state index contributed by atoms with van der Waals surface area (Å²) in [6, 6.07) is 7.36. The van der Waals surface area contributed by atoms with E-state index in [9.17, 15) is 4.79 Å². The first-order valence-electron chi connectivity index (χ1n) is 6.38. The molecule has 1 aromatic carbocycles. The van der Waals surface area contributed by atoms with Crippen LogP contribution in [0.25, 0.3) is 0 Å². The number of benzene rings is 1. The Morgan fingerprint density at radius 3 is 2.83 bits per heavy atom. The highest BCUT2D eigenvalue weighted by molar-refractivity contribution is 5.90. The molecule has 1 rings (SSSR count). The van der Waals surface area contributed by atoms with Crippen molar-refractivity contribution in [2.24, 2.45) is 5.73 Å². The number of carbonyl (C=O) groups is 1. The molecule has 18 heavy (non-hydrogen) atoms. The summed E-state index contributed by atoms with van der Waals surface area (Å²) in [5, 5.41) is 3.26. The van der Waals surface area contributed by atoms with Crippen LogP contribution >= 0.6 is 0 Å². The van der Waals surface area contributed by atoms with E-state index in [4.69, 9.17) is 10.5 Å². The van der Waals surface area contributed by atoms with E-state index in [0.29, 0.717) is 12.1 Å². The van der Waals surface area contributed by atoms with Gasteiger partial charge in [0.15, 0.2) is 0 Å². The van der Waals surface area contributed by atoms with Crippen LogP contribution in [0, 0.1) is 0 Å². The lowest BCUT2D eigenvalue weighted by Crippen LogP contribution is -2.12. The summed E-state index contributed by atoms with van der Waals surface area (Å²) < 4.78 is 5.15. The Morgan fingerprint density at radius 2 is 2.17 bits per heavy atom. The summed E-state index contributed by atoms with van der Waals surface area (Å²) in [5.41, 5.74) is 6.94. The smallest absolute Gasteiger partial charge is 0.338 e. The number of nitrogens with two attached hydrogens (primary N) is 1. The lowest BCUT2D eigenvalue weighted by atomic mass is 10.2. The zero-order valence-corrected chi connectivity index (χ0v) is 11.1. The van der Waals surface area contributed by atoms with E-state index in [2.05, 4.69) is 5.32 Å². The minimum Gasteiger partial charge on any atom is -0.459 e. The average molecular weight is 250 g/mol. The number of unbranched alkanes of at least 4 members (excludes halogenated alkanes) is 1. The highest BCUT2D eigenvalue weighted by Gasteiger charge is 2.09. The molecule has 4 heteroatoms. The maximum atomic E-state index is 11.7. The molecular formula is C14H22N2O2. The van der Waals surface area contributed by atoms with E-state index < -0.39 is 0 Å². The Morgan fingerprint density at radius 1 is 1.39 bits per heavy atom. The number of ether oxygens (including phenoxy) is 1. The van der Waals surface area contributed by atoms with Crippen molar-refractivity contribution in [3.8, 4) is 0 Å². The van der Waals surface area contributed by atoms with Gasteiger partial charge in [0.25, 0.3) is 0 Å². The summed E-state index contributed by atoms with van der Waals surface area (Å²) in [6.45, 7) is 5.25. The molecule has 0 radical (unpaired) electrons. The van der Waals surface area contributed by atoms with Gasteiger partial charge in [-0.3, -0.25) is 0 Å². The first kappa shape index (κ1) is 14.5. The van der Waals surface area contributed by atoms with Crippen LogP contribution in [-0.4, -0.2) is 25.2 Å². The van der Waals surface area contributed by atoms with Gasteiger partial charge in [0.05, 0.1) is 11.7 Å². The number of carbonyl (C=O) groups excluding carboxylic acids is 1. The molecule has 4 nitrogen and oxygen atoms in total. The Labute approximate surface area is 109 Å². The fourth-order valence-electron chi connectivity index (χ4n) is 1.54. The van der Waals surface area contributed by atoms with Crippen LogP contribution in [-0.2, 0) is 4.74 Å². The average Bonchev–Trinajstić information content (AvgIpc) is 2.34. The summed E-state index contributed by atoms with van der Waals surface area (Å²) in [7, 11) is 0. The molecule has 0 unspecified atom stereocenters. The SMILES string of the molecule is CC(C)OC(=O)c1cccc(NCCCCN)c1. The molecule has 0 fully saturated rings. The maximum Gasteiger partial charge on any atom is 0.338 e. The van der Waals surface area contributed by atoms with Crippen molar-refractivity contribution in [1.82, 2.24) is 0 Å². The fourth-order valence-corrected chi connectivity index (χ4v) is 1.54. The first-order valence-corrected chi connectivity index (χ1v) is 6.38. The van der Waals surface area contributed by atoms with Crippen molar-refractivity contribution >= 4 is 11.7 Å². The largest absolute Gasteiger partial charge is 0.459 e. The molecule has 0 saturated heterocycles. The van der Waals surface area contributed by atoms with Crippen molar-refractivity contribution in [3.63, 3.8) is 0 Å². The van der Waals surface area contributed by atoms with Crippen molar-refractivity contribution in [2.75, 3.05) is 18.4 Å². The number of anilines is 1. The molecule has 0 amide bonds. The number of hydrogen-bond acceptors (Lipinski definition) is 4. The van der Waals surface area contributed by atoms with Crippen LogP contribution < -0.4 is 11.1 Å². The third-order valence-electron chi connectivity index (χ3n) is 2.40. The van der Waals surface area contributed by atoms with E-state index in [0.717, 1.165) is 25.1 Å². The molecule has 0 heterocycles. The molecule has 100 valence electrons. The minimum atomic E-state index is -0.282. The molecule has 0 aliphatic heterocycles. The Balaban J connectivity index is 2.53. The van der Waals surface area contributed by atoms with Crippen LogP contribution in [0.2, 0.25) is 0 Å². The molecule has 1 aromatic rings. The summed E-state index contributed by atoms with van der Waals surface area (Å²) in [5.74, 6) is -0.282. The first-order chi connectivity index (χ1) is 8.63. The van der Waals surface area contributed by atoms with Gasteiger partial charge in [0, 0.05) is 12.2 Å². The third kappa shape index (κ3) is 5.19. The lowest BCUT2D eigenvalue weighted by molar-refractivity contribution is 0.0378. The van der Waals surface area contributed by atoms with Gasteiger partial charge >= 0.3 is 5.97 Å².